The van der Waals surface area contributed by atoms with Gasteiger partial charge in [0, 0.05) is 74.6 Å². The number of carbonyl (C=O) groups is 1. The standard InChI is InChI=1S/C12H24IN5O/c13-17-5-1-11(2-6-17)15-3-4-16-12(19)7-10-8-18(14)9-10/h10-11,15H,1-9,14H2,(H,16,19). The van der Waals surface area contributed by atoms with E-state index < -0.39 is 0 Å². The predicted octanol–water partition coefficient (Wildman–Crippen LogP) is -0.298. The van der Waals surface area contributed by atoms with E-state index in [0.717, 1.165) is 39.3 Å². The largest absolute Gasteiger partial charge is 0.355 e. The van der Waals surface area contributed by atoms with Gasteiger partial charge >= 0.3 is 0 Å². The normalized spacial score (nSPS) is 23.3. The molecule has 0 bridgehead atoms. The quantitative estimate of drug-likeness (QED) is 0.255. The Morgan fingerprint density at radius 2 is 1.95 bits per heavy atom. The fourth-order valence-corrected chi connectivity index (χ4v) is 3.16. The summed E-state index contributed by atoms with van der Waals surface area (Å²) in [5.74, 6) is 6.15. The SMILES string of the molecule is NN1CC(CC(=O)NCCNC2CCN(I)CC2)C1. The summed E-state index contributed by atoms with van der Waals surface area (Å²) in [4.78, 5) is 11.6. The van der Waals surface area contributed by atoms with E-state index in [9.17, 15) is 4.79 Å². The summed E-state index contributed by atoms with van der Waals surface area (Å²) >= 11 is 2.38. The van der Waals surface area contributed by atoms with E-state index in [2.05, 4.69) is 36.6 Å². The average molecular weight is 381 g/mol. The minimum absolute atomic E-state index is 0.155. The van der Waals surface area contributed by atoms with Gasteiger partial charge in [-0.2, -0.15) is 0 Å². The molecule has 0 saturated carbocycles. The first kappa shape index (κ1) is 15.4. The van der Waals surface area contributed by atoms with Crippen LogP contribution in [-0.2, 0) is 4.79 Å². The van der Waals surface area contributed by atoms with E-state index >= 15 is 0 Å². The predicted molar refractivity (Wildman–Crippen MR) is 83.5 cm³/mol. The van der Waals surface area contributed by atoms with Gasteiger partial charge in [0.1, 0.15) is 0 Å². The van der Waals surface area contributed by atoms with Crippen LogP contribution in [0.1, 0.15) is 19.3 Å². The van der Waals surface area contributed by atoms with Crippen molar-refractivity contribution in [3.8, 4) is 0 Å². The van der Waals surface area contributed by atoms with Gasteiger partial charge in [0.2, 0.25) is 5.91 Å². The minimum atomic E-state index is 0.155. The first-order valence-corrected chi connectivity index (χ1v) is 8.00. The molecule has 2 saturated heterocycles. The van der Waals surface area contributed by atoms with Gasteiger partial charge in [0.05, 0.1) is 0 Å². The van der Waals surface area contributed by atoms with Crippen LogP contribution < -0.4 is 16.5 Å². The number of nitrogens with two attached hydrogens (primary N) is 1. The molecule has 110 valence electrons. The number of nitrogens with zero attached hydrogens (tertiary/aromatic N) is 2. The molecule has 2 aliphatic rings. The van der Waals surface area contributed by atoms with E-state index in [-0.39, 0.29) is 5.91 Å². The Labute approximate surface area is 128 Å². The maximum Gasteiger partial charge on any atom is 0.220 e. The van der Waals surface area contributed by atoms with Crippen molar-refractivity contribution in [1.82, 2.24) is 18.8 Å². The number of hydrogen-bond donors (Lipinski definition) is 3. The molecule has 2 heterocycles. The maximum atomic E-state index is 11.6. The summed E-state index contributed by atoms with van der Waals surface area (Å²) in [5, 5.41) is 8.23. The van der Waals surface area contributed by atoms with Crippen LogP contribution in [0.3, 0.4) is 0 Å². The number of rotatable bonds is 6. The van der Waals surface area contributed by atoms with E-state index in [4.69, 9.17) is 5.84 Å². The van der Waals surface area contributed by atoms with Gasteiger partial charge in [-0.25, -0.2) is 8.12 Å². The highest BCUT2D eigenvalue weighted by Crippen LogP contribution is 2.14. The number of hydrogen-bond acceptors (Lipinski definition) is 5. The summed E-state index contributed by atoms with van der Waals surface area (Å²) in [6.07, 6.45) is 3.01. The van der Waals surface area contributed by atoms with Gasteiger partial charge in [-0.15, -0.1) is 0 Å². The van der Waals surface area contributed by atoms with Crippen molar-refractivity contribution >= 4 is 28.8 Å². The monoisotopic (exact) mass is 381 g/mol. The third-order valence-electron chi connectivity index (χ3n) is 3.78. The lowest BCUT2D eigenvalue weighted by Crippen LogP contribution is -2.52. The van der Waals surface area contributed by atoms with Crippen LogP contribution in [0.5, 0.6) is 0 Å². The molecule has 0 spiro atoms. The lowest BCUT2D eigenvalue weighted by molar-refractivity contribution is -0.123. The zero-order valence-electron chi connectivity index (χ0n) is 11.3. The highest BCUT2D eigenvalue weighted by molar-refractivity contribution is 14.1. The van der Waals surface area contributed by atoms with Crippen LogP contribution in [0, 0.1) is 5.92 Å². The molecule has 2 fully saturated rings. The highest BCUT2D eigenvalue weighted by atomic mass is 127. The van der Waals surface area contributed by atoms with Crippen LogP contribution in [0.25, 0.3) is 0 Å². The number of hydrazine groups is 1. The van der Waals surface area contributed by atoms with Crippen molar-refractivity contribution in [3.63, 3.8) is 0 Å². The maximum absolute atomic E-state index is 11.6. The number of carbonyl (C=O) groups excluding carboxylic acids is 1. The molecule has 0 aromatic rings. The summed E-state index contributed by atoms with van der Waals surface area (Å²) < 4.78 is 2.33. The van der Waals surface area contributed by atoms with Gasteiger partial charge in [0.15, 0.2) is 0 Å². The van der Waals surface area contributed by atoms with Crippen LogP contribution in [0.4, 0.5) is 0 Å². The number of piperidine rings is 1. The Morgan fingerprint density at radius 1 is 1.26 bits per heavy atom. The lowest BCUT2D eigenvalue weighted by atomic mass is 9.98. The number of amides is 1. The van der Waals surface area contributed by atoms with Gasteiger partial charge in [-0.05, 0) is 18.8 Å². The van der Waals surface area contributed by atoms with Crippen molar-refractivity contribution in [2.45, 2.75) is 25.3 Å². The van der Waals surface area contributed by atoms with Crippen LogP contribution in [-0.4, -0.2) is 59.3 Å². The molecule has 0 aromatic carbocycles. The Morgan fingerprint density at radius 3 is 2.58 bits per heavy atom. The van der Waals surface area contributed by atoms with Gasteiger partial charge in [0.25, 0.3) is 0 Å². The molecule has 0 aromatic heterocycles. The summed E-state index contributed by atoms with van der Waals surface area (Å²) in [6.45, 7) is 5.60. The first-order chi connectivity index (χ1) is 9.13. The van der Waals surface area contributed by atoms with E-state index in [1.807, 2.05) is 0 Å². The molecule has 19 heavy (non-hydrogen) atoms. The Balaban J connectivity index is 1.46. The van der Waals surface area contributed by atoms with Gasteiger partial charge in [-0.1, -0.05) is 0 Å². The minimum Gasteiger partial charge on any atom is -0.355 e. The Kier molecular flexibility index (Phi) is 6.27. The topological polar surface area (TPSA) is 73.6 Å². The highest BCUT2D eigenvalue weighted by Gasteiger charge is 2.25. The molecule has 6 nitrogen and oxygen atoms in total. The lowest BCUT2D eigenvalue weighted by Gasteiger charge is -2.35. The molecular weight excluding hydrogens is 357 g/mol. The fourth-order valence-electron chi connectivity index (χ4n) is 2.60. The summed E-state index contributed by atoms with van der Waals surface area (Å²) in [5.41, 5.74) is 0. The van der Waals surface area contributed by atoms with Crippen molar-refractivity contribution in [1.29, 1.82) is 0 Å². The second-order valence-corrected chi connectivity index (χ2v) is 6.88. The Bertz CT molecular complexity index is 290. The third kappa shape index (κ3) is 5.50. The molecule has 0 aliphatic carbocycles. The molecule has 7 heteroatoms. The zero-order chi connectivity index (χ0) is 13.7. The molecule has 0 radical (unpaired) electrons. The third-order valence-corrected chi connectivity index (χ3v) is 4.74. The second-order valence-electron chi connectivity index (χ2n) is 5.51. The smallest absolute Gasteiger partial charge is 0.220 e. The molecule has 0 unspecified atom stereocenters. The number of halogens is 1. The number of nitrogens with one attached hydrogen (secondary N) is 2. The van der Waals surface area contributed by atoms with Gasteiger partial charge < -0.3 is 10.6 Å². The summed E-state index contributed by atoms with van der Waals surface area (Å²) in [6, 6.07) is 0.611. The molecule has 0 atom stereocenters. The zero-order valence-corrected chi connectivity index (χ0v) is 13.4. The molecule has 2 rings (SSSR count). The molecule has 2 aliphatic heterocycles. The van der Waals surface area contributed by atoms with Crippen LogP contribution >= 0.6 is 22.9 Å². The fraction of sp³-hybridized carbons (Fsp3) is 0.917. The summed E-state index contributed by atoms with van der Waals surface area (Å²) in [7, 11) is 0. The van der Waals surface area contributed by atoms with E-state index in [0.29, 0.717) is 18.4 Å². The van der Waals surface area contributed by atoms with Crippen molar-refractivity contribution < 1.29 is 4.79 Å². The van der Waals surface area contributed by atoms with Crippen molar-refractivity contribution in [2.24, 2.45) is 11.8 Å². The Hall–Kier alpha value is 0.0400. The molecular formula is C12H24IN5O. The molecule has 1 amide bonds. The van der Waals surface area contributed by atoms with Crippen molar-refractivity contribution in [2.75, 3.05) is 39.3 Å². The van der Waals surface area contributed by atoms with E-state index in [1.54, 1.807) is 5.01 Å². The van der Waals surface area contributed by atoms with Crippen LogP contribution in [0.2, 0.25) is 0 Å². The first-order valence-electron chi connectivity index (χ1n) is 7.04. The van der Waals surface area contributed by atoms with Crippen molar-refractivity contribution in [3.05, 3.63) is 0 Å². The molecule has 4 N–H and O–H groups in total. The van der Waals surface area contributed by atoms with Crippen LogP contribution in [0.15, 0.2) is 0 Å². The van der Waals surface area contributed by atoms with E-state index in [1.165, 1.54) is 12.8 Å². The second kappa shape index (κ2) is 7.72. The average Bonchev–Trinajstić information content (AvgIpc) is 2.35. The van der Waals surface area contributed by atoms with Gasteiger partial charge in [-0.3, -0.25) is 10.6 Å².